The first-order valence-electron chi connectivity index (χ1n) is 8.07. The van der Waals surface area contributed by atoms with Crippen LogP contribution in [-0.4, -0.2) is 65.5 Å². The molecule has 0 radical (unpaired) electrons. The predicted octanol–water partition coefficient (Wildman–Crippen LogP) is 2.03. The summed E-state index contributed by atoms with van der Waals surface area (Å²) in [6, 6.07) is 2.19. The Morgan fingerprint density at radius 2 is 2.13 bits per heavy atom. The summed E-state index contributed by atoms with van der Waals surface area (Å²) >= 11 is 1.90. The summed E-state index contributed by atoms with van der Waals surface area (Å²) in [5.74, 6) is 2.17. The van der Waals surface area contributed by atoms with Crippen LogP contribution in [-0.2, 0) is 0 Å². The number of nitrogens with one attached hydrogen (secondary N) is 1. The first kappa shape index (κ1) is 16.2. The van der Waals surface area contributed by atoms with Crippen LogP contribution in [0.25, 0.3) is 0 Å². The second-order valence-corrected chi connectivity index (χ2v) is 7.31. The fraction of sp³-hybridized carbons (Fsp3) is 0.625. The zero-order valence-electron chi connectivity index (χ0n) is 13.4. The van der Waals surface area contributed by atoms with Gasteiger partial charge < -0.3 is 19.5 Å². The first-order valence-corrected chi connectivity index (χ1v) is 9.23. The Balaban J connectivity index is 1.45. The van der Waals surface area contributed by atoms with Gasteiger partial charge in [-0.2, -0.15) is 11.8 Å². The molecule has 3 amide bonds. The molecule has 126 valence electrons. The van der Waals surface area contributed by atoms with E-state index < -0.39 is 0 Å². The number of hydrogen-bond donors (Lipinski definition) is 1. The lowest BCUT2D eigenvalue weighted by Gasteiger charge is -2.34. The Morgan fingerprint density at radius 3 is 2.74 bits per heavy atom. The molecule has 0 unspecified atom stereocenters. The molecule has 1 aromatic rings. The van der Waals surface area contributed by atoms with E-state index in [-0.39, 0.29) is 18.0 Å². The van der Waals surface area contributed by atoms with Crippen LogP contribution in [0, 0.1) is 0 Å². The van der Waals surface area contributed by atoms with Crippen molar-refractivity contribution in [3.8, 4) is 0 Å². The highest BCUT2D eigenvalue weighted by atomic mass is 32.2. The Hall–Kier alpha value is -1.63. The van der Waals surface area contributed by atoms with Crippen molar-refractivity contribution in [2.75, 3.05) is 31.6 Å². The van der Waals surface area contributed by atoms with Crippen molar-refractivity contribution >= 4 is 23.7 Å². The average Bonchev–Trinajstić information content (AvgIpc) is 3.27. The molecule has 0 aromatic carbocycles. The highest BCUT2D eigenvalue weighted by Crippen LogP contribution is 2.21. The largest absolute Gasteiger partial charge is 0.472 e. The first-order chi connectivity index (χ1) is 11.1. The van der Waals surface area contributed by atoms with Gasteiger partial charge in [0.1, 0.15) is 6.26 Å². The van der Waals surface area contributed by atoms with Gasteiger partial charge >= 0.3 is 6.03 Å². The zero-order chi connectivity index (χ0) is 16.2. The lowest BCUT2D eigenvalue weighted by Crippen LogP contribution is -2.51. The fourth-order valence-electron chi connectivity index (χ4n) is 3.07. The number of amides is 3. The van der Waals surface area contributed by atoms with Gasteiger partial charge in [-0.05, 0) is 31.1 Å². The minimum Gasteiger partial charge on any atom is -0.472 e. The maximum absolute atomic E-state index is 12.3. The molecule has 1 aromatic heterocycles. The number of piperidine rings is 1. The Morgan fingerprint density at radius 1 is 1.35 bits per heavy atom. The van der Waals surface area contributed by atoms with Crippen LogP contribution in [0.3, 0.4) is 0 Å². The molecule has 0 bridgehead atoms. The van der Waals surface area contributed by atoms with Gasteiger partial charge in [-0.15, -0.1) is 0 Å². The Bertz CT molecular complexity index is 535. The Labute approximate surface area is 140 Å². The number of likely N-dealkylation sites (tertiary alicyclic amines) is 1. The average molecular weight is 337 g/mol. The van der Waals surface area contributed by atoms with Crippen LogP contribution in [0.15, 0.2) is 23.0 Å². The van der Waals surface area contributed by atoms with E-state index in [1.54, 1.807) is 6.07 Å². The zero-order valence-corrected chi connectivity index (χ0v) is 14.2. The van der Waals surface area contributed by atoms with Crippen LogP contribution >= 0.6 is 11.8 Å². The van der Waals surface area contributed by atoms with Crippen molar-refractivity contribution in [3.05, 3.63) is 24.2 Å². The quantitative estimate of drug-likeness (QED) is 0.916. The molecule has 2 fully saturated rings. The van der Waals surface area contributed by atoms with Crippen LogP contribution in [0.2, 0.25) is 0 Å². The third-order valence-electron chi connectivity index (χ3n) is 4.65. The summed E-state index contributed by atoms with van der Waals surface area (Å²) in [5.41, 5.74) is 0.589. The number of carbonyl (C=O) groups excluding carboxylic acids is 2. The van der Waals surface area contributed by atoms with E-state index in [1.807, 2.05) is 28.6 Å². The monoisotopic (exact) mass is 337 g/mol. The lowest BCUT2D eigenvalue weighted by atomic mass is 10.0. The topological polar surface area (TPSA) is 65.8 Å². The normalized spacial score (nSPS) is 22.1. The third kappa shape index (κ3) is 3.83. The van der Waals surface area contributed by atoms with Gasteiger partial charge in [0.15, 0.2) is 0 Å². The van der Waals surface area contributed by atoms with Gasteiger partial charge in [-0.1, -0.05) is 0 Å². The van der Waals surface area contributed by atoms with E-state index >= 15 is 0 Å². The van der Waals surface area contributed by atoms with Crippen LogP contribution in [0.1, 0.15) is 29.6 Å². The molecule has 23 heavy (non-hydrogen) atoms. The maximum atomic E-state index is 12.3. The molecule has 3 rings (SSSR count). The van der Waals surface area contributed by atoms with E-state index in [2.05, 4.69) is 5.32 Å². The number of rotatable bonds is 3. The van der Waals surface area contributed by atoms with Crippen molar-refractivity contribution in [2.45, 2.75) is 31.3 Å². The van der Waals surface area contributed by atoms with Crippen LogP contribution in [0.4, 0.5) is 4.79 Å². The molecule has 0 spiro atoms. The van der Waals surface area contributed by atoms with Gasteiger partial charge in [0, 0.05) is 38.0 Å². The van der Waals surface area contributed by atoms with Crippen LogP contribution < -0.4 is 5.32 Å². The van der Waals surface area contributed by atoms with Crippen molar-refractivity contribution in [1.82, 2.24) is 15.1 Å². The van der Waals surface area contributed by atoms with E-state index in [0.29, 0.717) is 24.7 Å². The highest BCUT2D eigenvalue weighted by molar-refractivity contribution is 7.99. The molecule has 0 saturated carbocycles. The van der Waals surface area contributed by atoms with Gasteiger partial charge in [0.05, 0.1) is 11.8 Å². The number of hydrogen-bond acceptors (Lipinski definition) is 4. The summed E-state index contributed by atoms with van der Waals surface area (Å²) in [4.78, 5) is 28.2. The third-order valence-corrected chi connectivity index (χ3v) is 5.80. The number of carbonyl (C=O) groups is 2. The fourth-order valence-corrected chi connectivity index (χ4v) is 4.33. The van der Waals surface area contributed by atoms with Gasteiger partial charge in [0.25, 0.3) is 5.91 Å². The molecule has 0 aliphatic carbocycles. The summed E-state index contributed by atoms with van der Waals surface area (Å²) in [6.07, 6.45) is 5.65. The number of nitrogens with zero attached hydrogens (tertiary/aromatic N) is 2. The predicted molar refractivity (Wildman–Crippen MR) is 89.7 cm³/mol. The number of furan rings is 1. The summed E-state index contributed by atoms with van der Waals surface area (Å²) in [6.45, 7) is 1.33. The molecule has 2 saturated heterocycles. The van der Waals surface area contributed by atoms with E-state index in [9.17, 15) is 9.59 Å². The molecular formula is C16H23N3O3S. The molecule has 2 aliphatic heterocycles. The maximum Gasteiger partial charge on any atom is 0.317 e. The van der Waals surface area contributed by atoms with Crippen molar-refractivity contribution in [3.63, 3.8) is 0 Å². The van der Waals surface area contributed by atoms with Gasteiger partial charge in [-0.3, -0.25) is 4.79 Å². The van der Waals surface area contributed by atoms with E-state index in [4.69, 9.17) is 4.42 Å². The Kier molecular flexibility index (Phi) is 5.15. The van der Waals surface area contributed by atoms with Crippen LogP contribution in [0.5, 0.6) is 0 Å². The lowest BCUT2D eigenvalue weighted by molar-refractivity contribution is 0.0705. The molecule has 3 heterocycles. The standard InChI is InChI=1S/C16H23N3O3S/c1-18(14-5-9-23-11-14)16(21)17-13-2-6-19(7-3-13)15(20)12-4-8-22-10-12/h4,8,10,13-14H,2-3,5-7,9,11H2,1H3,(H,17,21)/t14-/m0/s1. The number of thioether (sulfide) groups is 1. The minimum absolute atomic E-state index is 0.00336. The number of urea groups is 1. The molecule has 7 heteroatoms. The molecule has 1 atom stereocenters. The molecule has 2 aliphatic rings. The van der Waals surface area contributed by atoms with Gasteiger partial charge in [0.2, 0.25) is 0 Å². The van der Waals surface area contributed by atoms with Gasteiger partial charge in [-0.25, -0.2) is 4.79 Å². The minimum atomic E-state index is 0.00336. The second-order valence-electron chi connectivity index (χ2n) is 6.16. The van der Waals surface area contributed by atoms with E-state index in [0.717, 1.165) is 30.8 Å². The smallest absolute Gasteiger partial charge is 0.317 e. The van der Waals surface area contributed by atoms with Crippen molar-refractivity contribution < 1.29 is 14.0 Å². The van der Waals surface area contributed by atoms with Crippen molar-refractivity contribution in [1.29, 1.82) is 0 Å². The summed E-state index contributed by atoms with van der Waals surface area (Å²) < 4.78 is 4.96. The molecular weight excluding hydrogens is 314 g/mol. The van der Waals surface area contributed by atoms with E-state index in [1.165, 1.54) is 12.5 Å². The molecule has 1 N–H and O–H groups in total. The SMILES string of the molecule is CN(C(=O)NC1CCN(C(=O)c2ccoc2)CC1)[C@H]1CCSC1. The second kappa shape index (κ2) is 7.29. The summed E-state index contributed by atoms with van der Waals surface area (Å²) in [5, 5.41) is 3.11. The van der Waals surface area contributed by atoms with Crippen molar-refractivity contribution in [2.24, 2.45) is 0 Å². The molecule has 6 nitrogen and oxygen atoms in total. The highest BCUT2D eigenvalue weighted by Gasteiger charge is 2.28. The summed E-state index contributed by atoms with van der Waals surface area (Å²) in [7, 11) is 1.88.